The van der Waals surface area contributed by atoms with Gasteiger partial charge in [0.2, 0.25) is 0 Å². The largest absolute Gasteiger partial charge is 0.327 e. The first-order chi connectivity index (χ1) is 43.4. The summed E-state index contributed by atoms with van der Waals surface area (Å²) in [6, 6.07) is 93.9. The van der Waals surface area contributed by atoms with Crippen molar-refractivity contribution < 1.29 is 0 Å². The molecule has 4 heterocycles. The van der Waals surface area contributed by atoms with Crippen molar-refractivity contribution in [3.05, 3.63) is 300 Å². The van der Waals surface area contributed by atoms with E-state index in [-0.39, 0.29) is 11.8 Å². The van der Waals surface area contributed by atoms with Gasteiger partial charge in [-0.05, 0) is 92.0 Å². The number of hydrogen-bond acceptors (Lipinski definition) is 8. The van der Waals surface area contributed by atoms with Crippen molar-refractivity contribution >= 4 is 22.1 Å². The fraction of sp³-hybridized carbons (Fsp3) is 0.0513. The number of benzene rings is 11. The zero-order valence-corrected chi connectivity index (χ0v) is 48.0. The number of para-hydroxylation sites is 4. The van der Waals surface area contributed by atoms with Crippen LogP contribution in [0.5, 0.6) is 0 Å². The first-order valence-corrected chi connectivity index (χ1v) is 29.7. The minimum atomic E-state index is 0.0994. The zero-order valence-electron chi connectivity index (χ0n) is 48.0. The molecule has 2 atom stereocenters. The van der Waals surface area contributed by atoms with Gasteiger partial charge in [-0.15, -0.1) is 0 Å². The van der Waals surface area contributed by atoms with Crippen LogP contribution in [0.1, 0.15) is 45.2 Å². The Balaban J connectivity index is 0.661. The summed E-state index contributed by atoms with van der Waals surface area (Å²) < 4.78 is 4.27. The van der Waals surface area contributed by atoms with E-state index in [1.807, 2.05) is 97.1 Å². The summed E-state index contributed by atoms with van der Waals surface area (Å²) in [5.74, 6) is 5.71. The third-order valence-electron chi connectivity index (χ3n) is 17.7. The molecule has 3 aliphatic carbocycles. The van der Waals surface area contributed by atoms with Crippen LogP contribution >= 0.6 is 0 Å². The van der Waals surface area contributed by atoms with Crippen molar-refractivity contribution in [1.29, 1.82) is 0 Å². The second-order valence-electron chi connectivity index (χ2n) is 22.8. The minimum absolute atomic E-state index is 0.0994. The summed E-state index contributed by atoms with van der Waals surface area (Å²) in [6.07, 6.45) is 0. The van der Waals surface area contributed by atoms with E-state index in [0.29, 0.717) is 34.9 Å². The molecule has 15 aromatic rings. The van der Waals surface area contributed by atoms with Gasteiger partial charge in [0.15, 0.2) is 34.9 Å². The number of rotatable bonds is 10. The van der Waals surface area contributed by atoms with E-state index in [9.17, 15) is 0 Å². The highest BCUT2D eigenvalue weighted by atomic mass is 15.1. The number of imidazole rings is 2. The van der Waals surface area contributed by atoms with Gasteiger partial charge in [-0.3, -0.25) is 0 Å². The van der Waals surface area contributed by atoms with Crippen LogP contribution in [-0.4, -0.2) is 49.0 Å². The fourth-order valence-corrected chi connectivity index (χ4v) is 13.2. The number of aromatic nitrogens is 10. The van der Waals surface area contributed by atoms with E-state index in [4.69, 9.17) is 39.9 Å². The predicted octanol–water partition coefficient (Wildman–Crippen LogP) is 17.5. The van der Waals surface area contributed by atoms with Crippen LogP contribution in [-0.2, 0) is 14.1 Å². The van der Waals surface area contributed by atoms with E-state index in [2.05, 4.69) is 193 Å². The molecule has 3 aliphatic rings. The van der Waals surface area contributed by atoms with Crippen LogP contribution in [0.25, 0.3) is 135 Å². The Labute approximate surface area is 508 Å². The number of fused-ring (bicyclic) bond motifs is 2. The molecule has 10 heteroatoms. The lowest BCUT2D eigenvalue weighted by molar-refractivity contribution is 0.755. The molecule has 0 N–H and O–H groups in total. The standard InChI is InChI=1S/C78H52N10/c1-87-67-23-13-11-21-65(67)79-77(87)55-37-33-53(34-38-55)75-83-71(49-15-5-3-6-16-49)81-73(85-75)51-29-25-47(26-30-51)57-41-43-61-63(45-57)69-59-19-9-10-20-60(59)70(61)64-46-58(42-44-62(64)69)48-27-31-52(32-28-48)74-82-72(50-17-7-4-8-18-50)84-76(86-74)54-35-39-56(40-36-54)78-80-66-22-12-14-24-68(66)88(78)2/h3-46,69-70H,1-2H3. The van der Waals surface area contributed by atoms with Crippen LogP contribution in [0.2, 0.25) is 0 Å². The lowest BCUT2D eigenvalue weighted by Gasteiger charge is -2.42. The summed E-state index contributed by atoms with van der Waals surface area (Å²) in [4.78, 5) is 40.3. The number of nitrogens with zero attached hydrogens (tertiary/aromatic N) is 10. The smallest absolute Gasteiger partial charge is 0.164 e. The first kappa shape index (κ1) is 50.9. The average molecular weight is 1130 g/mol. The lowest BCUT2D eigenvalue weighted by atomic mass is 9.60. The van der Waals surface area contributed by atoms with Crippen LogP contribution in [0.15, 0.2) is 267 Å². The fourth-order valence-electron chi connectivity index (χ4n) is 13.2. The summed E-state index contributed by atoms with van der Waals surface area (Å²) in [6.45, 7) is 0. The molecule has 0 radical (unpaired) electrons. The molecule has 88 heavy (non-hydrogen) atoms. The molecule has 18 rings (SSSR count). The number of hydrogen-bond donors (Lipinski definition) is 0. The summed E-state index contributed by atoms with van der Waals surface area (Å²) >= 11 is 0. The van der Waals surface area contributed by atoms with Crippen LogP contribution in [0.3, 0.4) is 0 Å². The van der Waals surface area contributed by atoms with Crippen LogP contribution < -0.4 is 0 Å². The molecule has 0 saturated carbocycles. The zero-order chi connectivity index (χ0) is 58.4. The van der Waals surface area contributed by atoms with Gasteiger partial charge < -0.3 is 9.13 Å². The van der Waals surface area contributed by atoms with Gasteiger partial charge in [0.1, 0.15) is 11.6 Å². The van der Waals surface area contributed by atoms with E-state index >= 15 is 0 Å². The molecular formula is C78H52N10. The second kappa shape index (κ2) is 20.6. The van der Waals surface area contributed by atoms with Crippen LogP contribution in [0.4, 0.5) is 0 Å². The molecule has 0 aliphatic heterocycles. The molecule has 10 nitrogen and oxygen atoms in total. The maximum absolute atomic E-state index is 5.11. The molecule has 2 unspecified atom stereocenters. The van der Waals surface area contributed by atoms with E-state index in [1.165, 1.54) is 44.5 Å². The second-order valence-corrected chi connectivity index (χ2v) is 22.8. The molecule has 414 valence electrons. The molecule has 11 aromatic carbocycles. The Morgan fingerprint density at radius 3 is 0.818 bits per heavy atom. The quantitative estimate of drug-likeness (QED) is 0.133. The van der Waals surface area contributed by atoms with Crippen molar-refractivity contribution in [3.63, 3.8) is 0 Å². The average Bonchev–Trinajstić information content (AvgIpc) is 0.984. The van der Waals surface area contributed by atoms with Crippen molar-refractivity contribution in [2.75, 3.05) is 0 Å². The molecule has 0 saturated heterocycles. The van der Waals surface area contributed by atoms with E-state index in [0.717, 1.165) is 89.4 Å². The predicted molar refractivity (Wildman–Crippen MR) is 351 cm³/mol. The Bertz CT molecular complexity index is 4880. The third-order valence-corrected chi connectivity index (χ3v) is 17.7. The van der Waals surface area contributed by atoms with Crippen molar-refractivity contribution in [2.45, 2.75) is 11.8 Å². The highest BCUT2D eigenvalue weighted by Gasteiger charge is 2.41. The number of aryl methyl sites for hydroxylation is 2. The van der Waals surface area contributed by atoms with Crippen molar-refractivity contribution in [3.8, 4) is 113 Å². The van der Waals surface area contributed by atoms with E-state index in [1.54, 1.807) is 0 Å². The van der Waals surface area contributed by atoms with Gasteiger partial charge in [-0.2, -0.15) is 0 Å². The highest BCUT2D eigenvalue weighted by Crippen LogP contribution is 2.57. The monoisotopic (exact) mass is 1130 g/mol. The molecule has 0 amide bonds. The maximum Gasteiger partial charge on any atom is 0.164 e. The van der Waals surface area contributed by atoms with Crippen LogP contribution in [0, 0.1) is 0 Å². The summed E-state index contributed by atoms with van der Waals surface area (Å²) in [7, 11) is 4.12. The van der Waals surface area contributed by atoms with E-state index < -0.39 is 0 Å². The molecular weight excluding hydrogens is 1080 g/mol. The summed E-state index contributed by atoms with van der Waals surface area (Å²) in [5, 5.41) is 0. The van der Waals surface area contributed by atoms with Gasteiger partial charge in [-0.1, -0.05) is 231 Å². The van der Waals surface area contributed by atoms with Gasteiger partial charge in [-0.25, -0.2) is 39.9 Å². The van der Waals surface area contributed by atoms with Gasteiger partial charge in [0, 0.05) is 70.4 Å². The van der Waals surface area contributed by atoms with Gasteiger partial charge in [0.25, 0.3) is 0 Å². The van der Waals surface area contributed by atoms with Crippen molar-refractivity contribution in [2.24, 2.45) is 14.1 Å². The SMILES string of the molecule is Cn1c(-c2ccc(-c3nc(-c4ccccc4)nc(-c4ccc(-c5ccc6c(c5)C5c7ccccc7C6c6cc(-c7ccc(-c8nc(-c9ccccc9)nc(-c9ccc(-c%10nc%11ccccc%11n%10C)cc9)n8)cc7)ccc65)cc4)n3)cc2)nc2ccccc21. The first-order valence-electron chi connectivity index (χ1n) is 29.7. The topological polar surface area (TPSA) is 113 Å². The minimum Gasteiger partial charge on any atom is -0.327 e. The lowest BCUT2D eigenvalue weighted by Crippen LogP contribution is -2.27. The van der Waals surface area contributed by atoms with Gasteiger partial charge in [0.05, 0.1) is 22.1 Å². The Morgan fingerprint density at radius 2 is 0.477 bits per heavy atom. The summed E-state index contributed by atoms with van der Waals surface area (Å²) in [5.41, 5.74) is 24.4. The Kier molecular flexibility index (Phi) is 11.9. The maximum atomic E-state index is 5.11. The molecule has 0 fully saturated rings. The highest BCUT2D eigenvalue weighted by molar-refractivity contribution is 5.84. The molecule has 4 aromatic heterocycles. The Hall–Kier alpha value is -11.6. The van der Waals surface area contributed by atoms with Gasteiger partial charge >= 0.3 is 0 Å². The third kappa shape index (κ3) is 8.63. The normalized spacial score (nSPS) is 13.8. The van der Waals surface area contributed by atoms with Crippen molar-refractivity contribution in [1.82, 2.24) is 49.0 Å². The molecule has 2 bridgehead atoms. The molecule has 0 spiro atoms. The Morgan fingerprint density at radius 1 is 0.216 bits per heavy atom.